The number of nitrogens with two attached hydrogens (primary N) is 1. The summed E-state index contributed by atoms with van der Waals surface area (Å²) in [5.74, 6) is 0.362. The minimum Gasteiger partial charge on any atom is -0.487 e. The van der Waals surface area contributed by atoms with Crippen molar-refractivity contribution in [3.8, 4) is 5.75 Å². The number of aromatic nitrogens is 1. The molecular formula is C14H16ClN3O2S. The second-order valence-electron chi connectivity index (χ2n) is 4.40. The number of para-hydroxylation sites is 1. The monoisotopic (exact) mass is 325 g/mol. The van der Waals surface area contributed by atoms with Crippen LogP contribution < -0.4 is 15.8 Å². The van der Waals surface area contributed by atoms with Gasteiger partial charge in [-0.15, -0.1) is 11.3 Å². The summed E-state index contributed by atoms with van der Waals surface area (Å²) < 4.78 is 5.67. The molecule has 1 unspecified atom stereocenters. The van der Waals surface area contributed by atoms with Gasteiger partial charge in [0.05, 0.1) is 11.6 Å². The lowest BCUT2D eigenvalue weighted by Gasteiger charge is -2.16. The van der Waals surface area contributed by atoms with E-state index in [1.54, 1.807) is 17.5 Å². The van der Waals surface area contributed by atoms with Gasteiger partial charge in [-0.05, 0) is 19.1 Å². The van der Waals surface area contributed by atoms with Gasteiger partial charge in [-0.25, -0.2) is 4.98 Å². The molecule has 1 aromatic heterocycles. The number of ether oxygens (including phenoxy) is 1. The number of hydrogen-bond donors (Lipinski definition) is 2. The molecule has 1 atom stereocenters. The van der Waals surface area contributed by atoms with Crippen molar-refractivity contribution in [1.29, 1.82) is 0 Å². The lowest BCUT2D eigenvalue weighted by molar-refractivity contribution is 0.0928. The number of amides is 1. The first kappa shape index (κ1) is 15.8. The number of rotatable bonds is 6. The Kier molecular flexibility index (Phi) is 5.55. The first-order valence-corrected chi connectivity index (χ1v) is 7.69. The van der Waals surface area contributed by atoms with Gasteiger partial charge in [0, 0.05) is 11.9 Å². The molecule has 0 saturated heterocycles. The van der Waals surface area contributed by atoms with Gasteiger partial charge in [-0.1, -0.05) is 23.7 Å². The fourth-order valence-electron chi connectivity index (χ4n) is 1.63. The quantitative estimate of drug-likeness (QED) is 0.855. The summed E-state index contributed by atoms with van der Waals surface area (Å²) in [6.45, 7) is 2.56. The van der Waals surface area contributed by atoms with Gasteiger partial charge in [0.1, 0.15) is 22.6 Å². The van der Waals surface area contributed by atoms with Crippen molar-refractivity contribution in [2.24, 2.45) is 5.73 Å². The van der Waals surface area contributed by atoms with Crippen LogP contribution in [0.5, 0.6) is 5.75 Å². The maximum absolute atomic E-state index is 11.9. The van der Waals surface area contributed by atoms with E-state index in [0.717, 1.165) is 5.01 Å². The highest BCUT2D eigenvalue weighted by Crippen LogP contribution is 2.24. The third kappa shape index (κ3) is 4.42. The molecule has 1 heterocycles. The van der Waals surface area contributed by atoms with Crippen LogP contribution in [0.15, 0.2) is 29.6 Å². The zero-order valence-corrected chi connectivity index (χ0v) is 13.1. The molecule has 7 heteroatoms. The summed E-state index contributed by atoms with van der Waals surface area (Å²) in [7, 11) is 0. The summed E-state index contributed by atoms with van der Waals surface area (Å²) in [6, 6.07) is 7.22. The van der Waals surface area contributed by atoms with Crippen molar-refractivity contribution < 1.29 is 9.53 Å². The van der Waals surface area contributed by atoms with Crippen molar-refractivity contribution in [3.05, 3.63) is 45.4 Å². The molecule has 1 aromatic carbocycles. The van der Waals surface area contributed by atoms with Crippen molar-refractivity contribution in [1.82, 2.24) is 10.3 Å². The smallest absolute Gasteiger partial charge is 0.270 e. The van der Waals surface area contributed by atoms with Crippen molar-refractivity contribution >= 4 is 28.8 Å². The van der Waals surface area contributed by atoms with Crippen LogP contribution in [0.1, 0.15) is 22.4 Å². The van der Waals surface area contributed by atoms with Crippen LogP contribution in [0.2, 0.25) is 5.02 Å². The average Bonchev–Trinajstić information content (AvgIpc) is 2.96. The van der Waals surface area contributed by atoms with Crippen LogP contribution in [0.4, 0.5) is 0 Å². The third-order valence-corrected chi connectivity index (χ3v) is 3.86. The van der Waals surface area contributed by atoms with Gasteiger partial charge < -0.3 is 15.8 Å². The Bertz CT molecular complexity index is 618. The van der Waals surface area contributed by atoms with E-state index in [4.69, 9.17) is 22.1 Å². The van der Waals surface area contributed by atoms with Gasteiger partial charge in [0.2, 0.25) is 0 Å². The first-order chi connectivity index (χ1) is 10.1. The van der Waals surface area contributed by atoms with E-state index in [9.17, 15) is 4.79 Å². The number of hydrogen-bond acceptors (Lipinski definition) is 5. The second-order valence-corrected chi connectivity index (χ2v) is 5.75. The van der Waals surface area contributed by atoms with Crippen molar-refractivity contribution in [2.75, 3.05) is 6.54 Å². The zero-order valence-electron chi connectivity index (χ0n) is 11.5. The van der Waals surface area contributed by atoms with Crippen molar-refractivity contribution in [2.45, 2.75) is 19.6 Å². The molecule has 0 spiro atoms. The molecule has 0 aliphatic heterocycles. The highest BCUT2D eigenvalue weighted by molar-refractivity contribution is 7.09. The van der Waals surface area contributed by atoms with E-state index in [-0.39, 0.29) is 12.0 Å². The van der Waals surface area contributed by atoms with Gasteiger partial charge in [0.25, 0.3) is 5.91 Å². The molecular weight excluding hydrogens is 310 g/mol. The van der Waals surface area contributed by atoms with Gasteiger partial charge in [0.15, 0.2) is 0 Å². The van der Waals surface area contributed by atoms with Crippen LogP contribution >= 0.6 is 22.9 Å². The number of thiazole rings is 1. The number of nitrogens with one attached hydrogen (secondary N) is 1. The molecule has 0 radical (unpaired) electrons. The zero-order chi connectivity index (χ0) is 15.2. The molecule has 0 aliphatic rings. The number of nitrogens with zero attached hydrogens (tertiary/aromatic N) is 1. The van der Waals surface area contributed by atoms with Crippen LogP contribution in [-0.2, 0) is 6.54 Å². The van der Waals surface area contributed by atoms with E-state index in [1.807, 2.05) is 19.1 Å². The van der Waals surface area contributed by atoms with Crippen LogP contribution in [0.3, 0.4) is 0 Å². The summed E-state index contributed by atoms with van der Waals surface area (Å²) >= 11 is 7.38. The van der Waals surface area contributed by atoms with E-state index in [1.165, 1.54) is 11.3 Å². The molecule has 3 N–H and O–H groups in total. The normalized spacial score (nSPS) is 12.0. The fourth-order valence-corrected chi connectivity index (χ4v) is 2.47. The maximum atomic E-state index is 11.9. The Labute approximate surface area is 132 Å². The number of halogens is 1. The molecule has 5 nitrogen and oxygen atoms in total. The molecule has 112 valence electrons. The second kappa shape index (κ2) is 7.40. The minimum atomic E-state index is -0.236. The predicted molar refractivity (Wildman–Crippen MR) is 83.9 cm³/mol. The number of carbonyl (C=O) groups excluding carboxylic acids is 1. The maximum Gasteiger partial charge on any atom is 0.270 e. The standard InChI is InChI=1S/C14H16ClN3O2S/c1-9(20-12-5-3-2-4-10(12)15)7-17-14(19)11-8-21-13(6-16)18-11/h2-5,8-9H,6-7,16H2,1H3,(H,17,19). The molecule has 0 aliphatic carbocycles. The molecule has 21 heavy (non-hydrogen) atoms. The minimum absolute atomic E-state index is 0.207. The van der Waals surface area contributed by atoms with E-state index < -0.39 is 0 Å². The highest BCUT2D eigenvalue weighted by Gasteiger charge is 2.12. The Morgan fingerprint density at radius 2 is 2.29 bits per heavy atom. The van der Waals surface area contributed by atoms with Crippen LogP contribution in [0.25, 0.3) is 0 Å². The fraction of sp³-hybridized carbons (Fsp3) is 0.286. The highest BCUT2D eigenvalue weighted by atomic mass is 35.5. The van der Waals surface area contributed by atoms with E-state index in [0.29, 0.717) is 29.6 Å². The predicted octanol–water partition coefficient (Wildman–Crippen LogP) is 2.45. The Hall–Kier alpha value is -1.63. The van der Waals surface area contributed by atoms with E-state index in [2.05, 4.69) is 10.3 Å². The Morgan fingerprint density at radius 3 is 2.95 bits per heavy atom. The average molecular weight is 326 g/mol. The topological polar surface area (TPSA) is 77.2 Å². The Morgan fingerprint density at radius 1 is 1.52 bits per heavy atom. The molecule has 2 rings (SSSR count). The molecule has 0 bridgehead atoms. The number of benzene rings is 1. The van der Waals surface area contributed by atoms with Gasteiger partial charge >= 0.3 is 0 Å². The first-order valence-electron chi connectivity index (χ1n) is 6.44. The summed E-state index contributed by atoms with van der Waals surface area (Å²) in [5.41, 5.74) is 5.85. The third-order valence-electron chi connectivity index (χ3n) is 2.67. The lowest BCUT2D eigenvalue weighted by atomic mass is 10.3. The van der Waals surface area contributed by atoms with Crippen LogP contribution in [0, 0.1) is 0 Å². The van der Waals surface area contributed by atoms with E-state index >= 15 is 0 Å². The largest absolute Gasteiger partial charge is 0.487 e. The molecule has 1 amide bonds. The lowest BCUT2D eigenvalue weighted by Crippen LogP contribution is -2.33. The van der Waals surface area contributed by atoms with Gasteiger partial charge in [-0.2, -0.15) is 0 Å². The molecule has 0 saturated carbocycles. The summed E-state index contributed by atoms with van der Waals surface area (Å²) in [6.07, 6.45) is -0.207. The van der Waals surface area contributed by atoms with Crippen molar-refractivity contribution in [3.63, 3.8) is 0 Å². The molecule has 2 aromatic rings. The number of carbonyl (C=O) groups is 1. The Balaban J connectivity index is 1.85. The van der Waals surface area contributed by atoms with Crippen LogP contribution in [-0.4, -0.2) is 23.5 Å². The summed E-state index contributed by atoms with van der Waals surface area (Å²) in [5, 5.41) is 5.74. The summed E-state index contributed by atoms with van der Waals surface area (Å²) in [4.78, 5) is 16.0. The molecule has 0 fully saturated rings. The van der Waals surface area contributed by atoms with Gasteiger partial charge in [-0.3, -0.25) is 4.79 Å². The SMILES string of the molecule is CC(CNC(=O)c1csc(CN)n1)Oc1ccccc1Cl.